The third-order valence-electron chi connectivity index (χ3n) is 5.51. The van der Waals surface area contributed by atoms with E-state index >= 15 is 0 Å². The highest BCUT2D eigenvalue weighted by atomic mass is 32.2. The fourth-order valence-electron chi connectivity index (χ4n) is 3.73. The van der Waals surface area contributed by atoms with Gasteiger partial charge in [-0.15, -0.1) is 0 Å². The molecule has 0 unspecified atom stereocenters. The van der Waals surface area contributed by atoms with Crippen molar-refractivity contribution in [2.45, 2.75) is 58.0 Å². The highest BCUT2D eigenvalue weighted by Gasteiger charge is 2.37. The Morgan fingerprint density at radius 3 is 2.40 bits per heavy atom. The Bertz CT molecular complexity index is 1230. The molecule has 2 N–H and O–H groups in total. The first-order valence-electron chi connectivity index (χ1n) is 11.1. The third-order valence-corrected chi connectivity index (χ3v) is 6.67. The number of ether oxygens (including phenoxy) is 2. The summed E-state index contributed by atoms with van der Waals surface area (Å²) in [6, 6.07) is 5.75. The van der Waals surface area contributed by atoms with Gasteiger partial charge in [0.15, 0.2) is 5.79 Å². The van der Waals surface area contributed by atoms with E-state index in [0.29, 0.717) is 22.5 Å². The zero-order valence-corrected chi connectivity index (χ0v) is 21.5. The molecule has 2 atom stereocenters. The van der Waals surface area contributed by atoms with E-state index in [0.717, 1.165) is 10.6 Å². The van der Waals surface area contributed by atoms with Gasteiger partial charge < -0.3 is 15.2 Å². The number of primary amides is 1. The predicted molar refractivity (Wildman–Crippen MR) is 131 cm³/mol. The molecule has 1 amide bonds. The Morgan fingerprint density at radius 1 is 1.23 bits per heavy atom. The van der Waals surface area contributed by atoms with E-state index in [-0.39, 0.29) is 18.3 Å². The van der Waals surface area contributed by atoms with Crippen LogP contribution in [-0.2, 0) is 24.3 Å². The van der Waals surface area contributed by atoms with Crippen LogP contribution < -0.4 is 10.0 Å². The van der Waals surface area contributed by atoms with Crippen molar-refractivity contribution in [3.8, 4) is 11.3 Å². The van der Waals surface area contributed by atoms with Crippen LogP contribution in [-0.4, -0.2) is 55.6 Å². The van der Waals surface area contributed by atoms with Gasteiger partial charge in [-0.2, -0.15) is 0 Å². The van der Waals surface area contributed by atoms with Crippen molar-refractivity contribution in [3.05, 3.63) is 47.4 Å². The zero-order valence-electron chi connectivity index (χ0n) is 20.6. The highest BCUT2D eigenvalue weighted by Crippen LogP contribution is 2.33. The molecule has 35 heavy (non-hydrogen) atoms. The summed E-state index contributed by atoms with van der Waals surface area (Å²) in [5.74, 6) is -2.11. The number of carbonyl (C=O) groups is 1. The largest absolute Gasteiger partial charge is 0.367 e. The monoisotopic (exact) mass is 506 g/mol. The number of nitrogens with zero attached hydrogens (tertiary/aromatic N) is 3. The van der Waals surface area contributed by atoms with Gasteiger partial charge in [0.25, 0.3) is 0 Å². The minimum absolute atomic E-state index is 0.00455. The number of amides is 1. The van der Waals surface area contributed by atoms with Crippen LogP contribution in [0.15, 0.2) is 30.3 Å². The first kappa shape index (κ1) is 26.7. The number of halogens is 1. The van der Waals surface area contributed by atoms with Gasteiger partial charge >= 0.3 is 0 Å². The lowest BCUT2D eigenvalue weighted by molar-refractivity contribution is -0.283. The Balaban J connectivity index is 2.16. The van der Waals surface area contributed by atoms with Crippen molar-refractivity contribution in [2.24, 2.45) is 5.73 Å². The second-order valence-corrected chi connectivity index (χ2v) is 11.2. The molecule has 2 heterocycles. The summed E-state index contributed by atoms with van der Waals surface area (Å²) >= 11 is 0. The Kier molecular flexibility index (Phi) is 7.63. The van der Waals surface area contributed by atoms with Crippen molar-refractivity contribution >= 4 is 28.0 Å². The van der Waals surface area contributed by atoms with E-state index in [2.05, 4.69) is 9.97 Å². The standard InChI is InChI=1S/C24H31FN4O5S/c1-14(2)20-18(12-11-17-13-19(22(26)30)34-24(3,4)33-17)21(15-7-9-16(25)10-8-15)28-23(27-20)29(5)35(6,31)32/h7-12,14,17,19H,13H2,1-6H3,(H2,26,30)/b12-11+/t17-,19-/m1/s1. The second-order valence-electron chi connectivity index (χ2n) is 9.22. The van der Waals surface area contributed by atoms with Crippen molar-refractivity contribution in [2.75, 3.05) is 17.6 Å². The molecule has 1 saturated heterocycles. The van der Waals surface area contributed by atoms with Gasteiger partial charge in [0.1, 0.15) is 11.9 Å². The van der Waals surface area contributed by atoms with E-state index < -0.39 is 39.7 Å². The fourth-order valence-corrected chi connectivity index (χ4v) is 4.11. The van der Waals surface area contributed by atoms with Gasteiger partial charge in [0, 0.05) is 24.6 Å². The fraction of sp³-hybridized carbons (Fsp3) is 0.458. The Labute approximate surface area is 205 Å². The van der Waals surface area contributed by atoms with Gasteiger partial charge in [-0.05, 0) is 44.0 Å². The van der Waals surface area contributed by atoms with Gasteiger partial charge in [0.05, 0.1) is 23.7 Å². The number of rotatable bonds is 7. The predicted octanol–water partition coefficient (Wildman–Crippen LogP) is 3.21. The second kappa shape index (κ2) is 10.00. The minimum Gasteiger partial charge on any atom is -0.367 e. The summed E-state index contributed by atoms with van der Waals surface area (Å²) in [6.07, 6.45) is 3.55. The average Bonchev–Trinajstić information content (AvgIpc) is 2.75. The number of anilines is 1. The van der Waals surface area contributed by atoms with Crippen LogP contribution in [0.4, 0.5) is 10.3 Å². The lowest BCUT2D eigenvalue weighted by atomic mass is 9.97. The number of aromatic nitrogens is 2. The molecule has 2 aromatic rings. The molecule has 11 heteroatoms. The molecule has 0 aliphatic carbocycles. The highest BCUT2D eigenvalue weighted by molar-refractivity contribution is 7.92. The number of sulfonamides is 1. The topological polar surface area (TPSA) is 125 Å². The van der Waals surface area contributed by atoms with Crippen molar-refractivity contribution in [1.82, 2.24) is 9.97 Å². The maximum atomic E-state index is 13.6. The average molecular weight is 507 g/mol. The zero-order chi connectivity index (χ0) is 26.1. The van der Waals surface area contributed by atoms with Crippen LogP contribution in [0.2, 0.25) is 0 Å². The van der Waals surface area contributed by atoms with Crippen molar-refractivity contribution < 1.29 is 27.1 Å². The molecule has 1 aliphatic rings. The molecule has 1 aromatic heterocycles. The molecule has 190 valence electrons. The summed E-state index contributed by atoms with van der Waals surface area (Å²) < 4.78 is 50.6. The first-order chi connectivity index (χ1) is 16.2. The van der Waals surface area contributed by atoms with Crippen LogP contribution in [0.25, 0.3) is 17.3 Å². The Hall–Kier alpha value is -2.89. The molecule has 1 aromatic carbocycles. The number of benzene rings is 1. The van der Waals surface area contributed by atoms with E-state index in [9.17, 15) is 17.6 Å². The maximum absolute atomic E-state index is 13.6. The number of hydrogen-bond acceptors (Lipinski definition) is 7. The smallest absolute Gasteiger partial charge is 0.246 e. The van der Waals surface area contributed by atoms with E-state index in [4.69, 9.17) is 15.2 Å². The van der Waals surface area contributed by atoms with Crippen LogP contribution in [0, 0.1) is 5.82 Å². The lowest BCUT2D eigenvalue weighted by Gasteiger charge is -2.38. The van der Waals surface area contributed by atoms with Gasteiger partial charge in [-0.25, -0.2) is 27.1 Å². The Morgan fingerprint density at radius 2 is 1.86 bits per heavy atom. The summed E-state index contributed by atoms with van der Waals surface area (Å²) in [5.41, 5.74) is 7.71. The van der Waals surface area contributed by atoms with Gasteiger partial charge in [-0.3, -0.25) is 4.79 Å². The summed E-state index contributed by atoms with van der Waals surface area (Å²) in [7, 11) is -2.25. The number of nitrogens with two attached hydrogens (primary N) is 1. The molecule has 1 aliphatic heterocycles. The molecule has 0 radical (unpaired) electrons. The van der Waals surface area contributed by atoms with Gasteiger partial charge in [0.2, 0.25) is 21.9 Å². The molecular formula is C24H31FN4O5S. The summed E-state index contributed by atoms with van der Waals surface area (Å²) in [6.45, 7) is 7.25. The van der Waals surface area contributed by atoms with Crippen LogP contribution in [0.1, 0.15) is 51.3 Å². The van der Waals surface area contributed by atoms with Crippen molar-refractivity contribution in [3.63, 3.8) is 0 Å². The SMILES string of the molecule is CC(C)c1nc(N(C)S(C)(=O)=O)nc(-c2ccc(F)cc2)c1/C=C/[C@@H]1C[C@H](C(N)=O)OC(C)(C)O1. The van der Waals surface area contributed by atoms with E-state index in [1.807, 2.05) is 13.8 Å². The van der Waals surface area contributed by atoms with Gasteiger partial charge in [-0.1, -0.05) is 26.0 Å². The summed E-state index contributed by atoms with van der Waals surface area (Å²) in [4.78, 5) is 20.9. The van der Waals surface area contributed by atoms with Crippen LogP contribution in [0.5, 0.6) is 0 Å². The quantitative estimate of drug-likeness (QED) is 0.611. The molecule has 0 saturated carbocycles. The lowest BCUT2D eigenvalue weighted by Crippen LogP contribution is -2.48. The minimum atomic E-state index is -3.62. The first-order valence-corrected chi connectivity index (χ1v) is 13.0. The third kappa shape index (κ3) is 6.41. The molecular weight excluding hydrogens is 475 g/mol. The van der Waals surface area contributed by atoms with E-state index in [1.54, 1.807) is 38.1 Å². The molecule has 0 spiro atoms. The maximum Gasteiger partial charge on any atom is 0.246 e. The molecule has 9 nitrogen and oxygen atoms in total. The molecule has 3 rings (SSSR count). The van der Waals surface area contributed by atoms with Crippen LogP contribution >= 0.6 is 0 Å². The molecule has 0 bridgehead atoms. The normalized spacial score (nSPS) is 20.3. The molecule has 1 fully saturated rings. The number of carbonyl (C=O) groups excluding carboxylic acids is 1. The summed E-state index contributed by atoms with van der Waals surface area (Å²) in [5, 5.41) is 0. The van der Waals surface area contributed by atoms with Crippen LogP contribution in [0.3, 0.4) is 0 Å². The van der Waals surface area contributed by atoms with E-state index in [1.165, 1.54) is 19.2 Å². The number of hydrogen-bond donors (Lipinski definition) is 1. The van der Waals surface area contributed by atoms with Crippen molar-refractivity contribution in [1.29, 1.82) is 0 Å².